The van der Waals surface area contributed by atoms with E-state index in [0.29, 0.717) is 19.7 Å². The van der Waals surface area contributed by atoms with Crippen molar-refractivity contribution in [3.63, 3.8) is 0 Å². The first-order valence-corrected chi connectivity index (χ1v) is 9.09. The molecule has 130 valence electrons. The summed E-state index contributed by atoms with van der Waals surface area (Å²) in [6, 6.07) is 8.32. The van der Waals surface area contributed by atoms with E-state index < -0.39 is 0 Å². The van der Waals surface area contributed by atoms with E-state index in [0.717, 1.165) is 29.5 Å². The maximum atomic E-state index is 5.18. The molecule has 2 N–H and O–H groups in total. The van der Waals surface area contributed by atoms with Gasteiger partial charge in [0.05, 0.1) is 19.7 Å². The molecule has 6 heteroatoms. The van der Waals surface area contributed by atoms with Crippen molar-refractivity contribution in [1.29, 1.82) is 0 Å². The predicted octanol–water partition coefficient (Wildman–Crippen LogP) is 3.11. The SMILES string of the molecule is CCNC(=NCc1cccc(COC)c1)NCc1ncc(CC)s1. The standard InChI is InChI=1S/C18H26N4OS/c1-4-16-11-20-17(24-16)12-22-18(19-5-2)21-10-14-7-6-8-15(9-14)13-23-3/h6-9,11H,4-5,10,12-13H2,1-3H3,(H2,19,21,22). The quantitative estimate of drug-likeness (QED) is 0.570. The number of hydrogen-bond donors (Lipinski definition) is 2. The van der Waals surface area contributed by atoms with Crippen molar-refractivity contribution >= 4 is 17.3 Å². The van der Waals surface area contributed by atoms with Crippen LogP contribution >= 0.6 is 11.3 Å². The van der Waals surface area contributed by atoms with Crippen LogP contribution in [0.25, 0.3) is 0 Å². The number of aryl methyl sites for hydroxylation is 1. The number of aromatic nitrogens is 1. The average Bonchev–Trinajstić information content (AvgIpc) is 3.06. The van der Waals surface area contributed by atoms with E-state index >= 15 is 0 Å². The molecule has 2 rings (SSSR count). The minimum Gasteiger partial charge on any atom is -0.380 e. The van der Waals surface area contributed by atoms with E-state index in [1.807, 2.05) is 12.3 Å². The molecule has 24 heavy (non-hydrogen) atoms. The molecule has 0 unspecified atom stereocenters. The number of hydrogen-bond acceptors (Lipinski definition) is 4. The smallest absolute Gasteiger partial charge is 0.191 e. The first-order chi connectivity index (χ1) is 11.7. The van der Waals surface area contributed by atoms with Gasteiger partial charge < -0.3 is 15.4 Å². The lowest BCUT2D eigenvalue weighted by Gasteiger charge is -2.10. The van der Waals surface area contributed by atoms with Gasteiger partial charge in [0.2, 0.25) is 0 Å². The van der Waals surface area contributed by atoms with Gasteiger partial charge in [0.1, 0.15) is 5.01 Å². The van der Waals surface area contributed by atoms with Crippen molar-refractivity contribution < 1.29 is 4.74 Å². The van der Waals surface area contributed by atoms with Gasteiger partial charge in [-0.2, -0.15) is 0 Å². The maximum Gasteiger partial charge on any atom is 0.191 e. The van der Waals surface area contributed by atoms with Crippen molar-refractivity contribution in [2.75, 3.05) is 13.7 Å². The highest BCUT2D eigenvalue weighted by Gasteiger charge is 2.03. The van der Waals surface area contributed by atoms with Gasteiger partial charge in [0.25, 0.3) is 0 Å². The first-order valence-electron chi connectivity index (χ1n) is 8.27. The van der Waals surface area contributed by atoms with Crippen LogP contribution in [-0.4, -0.2) is 24.6 Å². The number of benzene rings is 1. The van der Waals surface area contributed by atoms with Crippen LogP contribution in [0.2, 0.25) is 0 Å². The normalized spacial score (nSPS) is 11.5. The minimum absolute atomic E-state index is 0.625. The zero-order valence-corrected chi connectivity index (χ0v) is 15.4. The summed E-state index contributed by atoms with van der Waals surface area (Å²) >= 11 is 1.74. The van der Waals surface area contributed by atoms with Gasteiger partial charge in [0, 0.05) is 24.7 Å². The van der Waals surface area contributed by atoms with Crippen molar-refractivity contribution in [3.8, 4) is 0 Å². The van der Waals surface area contributed by atoms with Gasteiger partial charge in [-0.15, -0.1) is 11.3 Å². The Labute approximate surface area is 148 Å². The number of methoxy groups -OCH3 is 1. The molecule has 0 aliphatic carbocycles. The van der Waals surface area contributed by atoms with E-state index in [4.69, 9.17) is 4.74 Å². The molecule has 0 fully saturated rings. The number of nitrogens with zero attached hydrogens (tertiary/aromatic N) is 2. The molecule has 0 radical (unpaired) electrons. The number of nitrogens with one attached hydrogen (secondary N) is 2. The lowest BCUT2D eigenvalue weighted by atomic mass is 10.1. The lowest BCUT2D eigenvalue weighted by Crippen LogP contribution is -2.36. The topological polar surface area (TPSA) is 58.5 Å². The molecule has 1 aromatic carbocycles. The molecule has 0 saturated carbocycles. The highest BCUT2D eigenvalue weighted by atomic mass is 32.1. The summed E-state index contributed by atoms with van der Waals surface area (Å²) in [7, 11) is 1.71. The van der Waals surface area contributed by atoms with Gasteiger partial charge in [-0.25, -0.2) is 9.98 Å². The molecule has 0 aliphatic heterocycles. The fourth-order valence-electron chi connectivity index (χ4n) is 2.25. The maximum absolute atomic E-state index is 5.18. The first kappa shape index (κ1) is 18.4. The predicted molar refractivity (Wildman–Crippen MR) is 100 cm³/mol. The van der Waals surface area contributed by atoms with E-state index in [1.165, 1.54) is 10.4 Å². The largest absolute Gasteiger partial charge is 0.380 e. The second kappa shape index (κ2) is 10.1. The Bertz CT molecular complexity index is 654. The van der Waals surface area contributed by atoms with Gasteiger partial charge >= 0.3 is 0 Å². The molecule has 5 nitrogen and oxygen atoms in total. The van der Waals surface area contributed by atoms with Crippen molar-refractivity contribution in [3.05, 3.63) is 51.5 Å². The number of thiazole rings is 1. The highest BCUT2D eigenvalue weighted by Crippen LogP contribution is 2.13. The van der Waals surface area contributed by atoms with Gasteiger partial charge in [-0.3, -0.25) is 0 Å². The molecule has 0 bridgehead atoms. The van der Waals surface area contributed by atoms with E-state index in [2.05, 4.69) is 52.7 Å². The van der Waals surface area contributed by atoms with Crippen LogP contribution in [0.3, 0.4) is 0 Å². The molecule has 0 aliphatic rings. The molecule has 0 amide bonds. The number of guanidine groups is 1. The van der Waals surface area contributed by atoms with Crippen LogP contribution in [0.1, 0.15) is 34.9 Å². The Morgan fingerprint density at radius 2 is 2.08 bits per heavy atom. The lowest BCUT2D eigenvalue weighted by molar-refractivity contribution is 0.185. The van der Waals surface area contributed by atoms with Crippen LogP contribution in [-0.2, 0) is 30.9 Å². The third kappa shape index (κ3) is 5.94. The molecule has 2 aromatic rings. The van der Waals surface area contributed by atoms with Crippen LogP contribution in [0, 0.1) is 0 Å². The summed E-state index contributed by atoms with van der Waals surface area (Å²) in [4.78, 5) is 10.4. The summed E-state index contributed by atoms with van der Waals surface area (Å²) in [6.45, 7) is 6.99. The van der Waals surface area contributed by atoms with Gasteiger partial charge in [0.15, 0.2) is 5.96 Å². The van der Waals surface area contributed by atoms with Gasteiger partial charge in [-0.1, -0.05) is 31.2 Å². The third-order valence-corrected chi connectivity index (χ3v) is 4.56. The number of aliphatic imine (C=N–C) groups is 1. The van der Waals surface area contributed by atoms with Crippen molar-refractivity contribution in [2.24, 2.45) is 4.99 Å². The molecule has 1 aromatic heterocycles. The Balaban J connectivity index is 1.95. The summed E-state index contributed by atoms with van der Waals surface area (Å²) in [5.41, 5.74) is 2.34. The Hall–Kier alpha value is -1.92. The van der Waals surface area contributed by atoms with Gasteiger partial charge in [-0.05, 0) is 24.5 Å². The Morgan fingerprint density at radius 3 is 2.79 bits per heavy atom. The second-order valence-corrected chi connectivity index (χ2v) is 6.58. The fraction of sp³-hybridized carbons (Fsp3) is 0.444. The second-order valence-electron chi connectivity index (χ2n) is 5.38. The minimum atomic E-state index is 0.625. The van der Waals surface area contributed by atoms with Crippen molar-refractivity contribution in [2.45, 2.75) is 40.0 Å². The average molecular weight is 347 g/mol. The van der Waals surface area contributed by atoms with Crippen LogP contribution in [0.15, 0.2) is 35.5 Å². The Morgan fingerprint density at radius 1 is 1.25 bits per heavy atom. The van der Waals surface area contributed by atoms with E-state index in [1.54, 1.807) is 18.4 Å². The van der Waals surface area contributed by atoms with E-state index in [-0.39, 0.29) is 0 Å². The summed E-state index contributed by atoms with van der Waals surface area (Å²) in [6.07, 6.45) is 2.98. The monoisotopic (exact) mass is 346 g/mol. The summed E-state index contributed by atoms with van der Waals surface area (Å²) < 4.78 is 5.18. The van der Waals surface area contributed by atoms with E-state index in [9.17, 15) is 0 Å². The zero-order chi connectivity index (χ0) is 17.2. The third-order valence-electron chi connectivity index (χ3n) is 3.42. The Kier molecular flexibility index (Phi) is 7.71. The summed E-state index contributed by atoms with van der Waals surface area (Å²) in [5, 5.41) is 7.70. The van der Waals surface area contributed by atoms with Crippen LogP contribution < -0.4 is 10.6 Å². The number of ether oxygens (including phenoxy) is 1. The summed E-state index contributed by atoms with van der Waals surface area (Å²) in [5.74, 6) is 0.808. The van der Waals surface area contributed by atoms with Crippen molar-refractivity contribution in [1.82, 2.24) is 15.6 Å². The molecule has 0 spiro atoms. The molecule has 0 saturated heterocycles. The number of rotatable bonds is 8. The highest BCUT2D eigenvalue weighted by molar-refractivity contribution is 7.11. The molecular weight excluding hydrogens is 320 g/mol. The zero-order valence-electron chi connectivity index (χ0n) is 14.6. The molecule has 0 atom stereocenters. The van der Waals surface area contributed by atoms with Crippen LogP contribution in [0.5, 0.6) is 0 Å². The van der Waals surface area contributed by atoms with Crippen LogP contribution in [0.4, 0.5) is 0 Å². The molecule has 1 heterocycles. The molecular formula is C18H26N4OS. The fourth-order valence-corrected chi connectivity index (χ4v) is 3.05.